The Bertz CT molecular complexity index is 975. The summed E-state index contributed by atoms with van der Waals surface area (Å²) in [7, 11) is -3.68. The number of anilines is 1. The smallest absolute Gasteiger partial charge is 0.241 e. The zero-order valence-electron chi connectivity index (χ0n) is 16.5. The van der Waals surface area contributed by atoms with E-state index in [1.54, 1.807) is 25.1 Å². The number of fused-ring (bicyclic) bond motifs is 1. The van der Waals surface area contributed by atoms with Gasteiger partial charge < -0.3 is 19.5 Å². The van der Waals surface area contributed by atoms with Gasteiger partial charge in [-0.2, -0.15) is 0 Å². The molecule has 0 bridgehead atoms. The molecule has 0 aliphatic carbocycles. The monoisotopic (exact) mass is 420 g/mol. The van der Waals surface area contributed by atoms with E-state index in [2.05, 4.69) is 5.32 Å². The highest BCUT2D eigenvalue weighted by atomic mass is 32.2. The Hall–Kier alpha value is -2.94. The molecule has 0 saturated carbocycles. The minimum absolute atomic E-state index is 0.0800. The largest absolute Gasteiger partial charge is 0.491 e. The number of nitrogens with one attached hydrogen (secondary N) is 1. The molecule has 2 aromatic carbocycles. The minimum atomic E-state index is -3.68. The lowest BCUT2D eigenvalue weighted by atomic mass is 10.2. The van der Waals surface area contributed by atoms with Gasteiger partial charge in [-0.25, -0.2) is 8.42 Å². The van der Waals surface area contributed by atoms with Crippen molar-refractivity contribution in [2.45, 2.75) is 19.9 Å². The molecule has 2 aromatic rings. The Morgan fingerprint density at radius 2 is 1.86 bits per heavy atom. The molecular formula is C20H24N2O6S. The predicted molar refractivity (Wildman–Crippen MR) is 109 cm³/mol. The summed E-state index contributed by atoms with van der Waals surface area (Å²) in [5, 5.41) is 2.76. The number of amides is 1. The second-order valence-corrected chi connectivity index (χ2v) is 8.81. The van der Waals surface area contributed by atoms with Gasteiger partial charge >= 0.3 is 0 Å². The van der Waals surface area contributed by atoms with Crippen molar-refractivity contribution < 1.29 is 27.4 Å². The summed E-state index contributed by atoms with van der Waals surface area (Å²) in [6.07, 6.45) is 1.05. The Morgan fingerprint density at radius 1 is 1.17 bits per heavy atom. The lowest BCUT2D eigenvalue weighted by Crippen LogP contribution is -2.44. The fraction of sp³-hybridized carbons (Fsp3) is 0.350. The quantitative estimate of drug-likeness (QED) is 0.703. The molecule has 1 N–H and O–H groups in total. The number of hydrogen-bond donors (Lipinski definition) is 1. The fourth-order valence-electron chi connectivity index (χ4n) is 2.79. The number of rotatable bonds is 8. The van der Waals surface area contributed by atoms with Crippen molar-refractivity contribution in [1.29, 1.82) is 0 Å². The highest BCUT2D eigenvalue weighted by molar-refractivity contribution is 7.92. The van der Waals surface area contributed by atoms with Crippen molar-refractivity contribution in [3.05, 3.63) is 48.0 Å². The molecule has 156 valence electrons. The maximum Gasteiger partial charge on any atom is 0.241 e. The molecule has 1 atom stereocenters. The Kier molecular flexibility index (Phi) is 6.17. The molecule has 3 rings (SSSR count). The summed E-state index contributed by atoms with van der Waals surface area (Å²) in [6, 6.07) is 12.0. The molecule has 0 spiro atoms. The Labute approximate surface area is 170 Å². The number of carbonyl (C=O) groups excluding carboxylic acids is 1. The zero-order chi connectivity index (χ0) is 21.0. The molecule has 1 unspecified atom stereocenters. The van der Waals surface area contributed by atoms with E-state index in [9.17, 15) is 13.2 Å². The van der Waals surface area contributed by atoms with Crippen LogP contribution in [0.1, 0.15) is 12.5 Å². The predicted octanol–water partition coefficient (Wildman–Crippen LogP) is 2.07. The third kappa shape index (κ3) is 5.54. The first-order chi connectivity index (χ1) is 13.7. The number of sulfonamides is 1. The number of hydrogen-bond acceptors (Lipinski definition) is 6. The van der Waals surface area contributed by atoms with E-state index < -0.39 is 15.9 Å². The van der Waals surface area contributed by atoms with Crippen LogP contribution >= 0.6 is 0 Å². The molecule has 1 heterocycles. The average Bonchev–Trinajstić information content (AvgIpc) is 3.12. The van der Waals surface area contributed by atoms with Gasteiger partial charge in [-0.3, -0.25) is 9.10 Å². The van der Waals surface area contributed by atoms with Crippen LogP contribution in [0.25, 0.3) is 0 Å². The third-order valence-corrected chi connectivity index (χ3v) is 5.40. The number of ether oxygens (including phenoxy) is 3. The summed E-state index contributed by atoms with van der Waals surface area (Å²) in [6.45, 7) is 3.76. The average molecular weight is 420 g/mol. The molecule has 0 radical (unpaired) electrons. The first-order valence-corrected chi connectivity index (χ1v) is 10.9. The Morgan fingerprint density at radius 3 is 2.55 bits per heavy atom. The van der Waals surface area contributed by atoms with Gasteiger partial charge in [0.1, 0.15) is 18.9 Å². The summed E-state index contributed by atoms with van der Waals surface area (Å²) in [5.41, 5.74) is 1.46. The van der Waals surface area contributed by atoms with Crippen molar-refractivity contribution >= 4 is 21.6 Å². The molecule has 8 nitrogen and oxygen atoms in total. The van der Waals surface area contributed by atoms with Crippen LogP contribution in [0.5, 0.6) is 17.2 Å². The van der Waals surface area contributed by atoms with Gasteiger partial charge in [-0.1, -0.05) is 17.7 Å². The van der Waals surface area contributed by atoms with Gasteiger partial charge in [-0.05, 0) is 38.1 Å². The van der Waals surface area contributed by atoms with Crippen LogP contribution in [0.2, 0.25) is 0 Å². The van der Waals surface area contributed by atoms with Crippen LogP contribution in [0.15, 0.2) is 42.5 Å². The highest BCUT2D eigenvalue weighted by Gasteiger charge is 2.24. The lowest BCUT2D eigenvalue weighted by molar-refractivity contribution is -0.120. The van der Waals surface area contributed by atoms with Crippen molar-refractivity contribution in [3.63, 3.8) is 0 Å². The van der Waals surface area contributed by atoms with E-state index in [1.165, 1.54) is 0 Å². The number of benzene rings is 2. The summed E-state index contributed by atoms with van der Waals surface area (Å²) >= 11 is 0. The van der Waals surface area contributed by atoms with Crippen molar-refractivity contribution in [3.8, 4) is 17.2 Å². The van der Waals surface area contributed by atoms with Gasteiger partial charge in [0.25, 0.3) is 0 Å². The summed E-state index contributed by atoms with van der Waals surface area (Å²) in [4.78, 5) is 12.4. The van der Waals surface area contributed by atoms with Gasteiger partial charge in [0.15, 0.2) is 11.5 Å². The highest BCUT2D eigenvalue weighted by Crippen LogP contribution is 2.36. The van der Waals surface area contributed by atoms with Gasteiger partial charge in [0.2, 0.25) is 22.7 Å². The fourth-order valence-corrected chi connectivity index (χ4v) is 3.64. The maximum atomic E-state index is 12.4. The van der Waals surface area contributed by atoms with E-state index in [-0.39, 0.29) is 26.0 Å². The van der Waals surface area contributed by atoms with Crippen LogP contribution in [0, 0.1) is 6.92 Å². The third-order valence-electron chi connectivity index (χ3n) is 4.26. The van der Waals surface area contributed by atoms with Crippen LogP contribution in [0.4, 0.5) is 5.69 Å². The molecular weight excluding hydrogens is 396 g/mol. The van der Waals surface area contributed by atoms with Crippen molar-refractivity contribution in [2.75, 3.05) is 30.5 Å². The van der Waals surface area contributed by atoms with E-state index in [4.69, 9.17) is 14.2 Å². The summed E-state index contributed by atoms with van der Waals surface area (Å²) in [5.74, 6) is 1.24. The van der Waals surface area contributed by atoms with E-state index in [0.29, 0.717) is 22.9 Å². The first kappa shape index (κ1) is 20.8. The molecule has 29 heavy (non-hydrogen) atoms. The van der Waals surface area contributed by atoms with Crippen LogP contribution in [0.3, 0.4) is 0 Å². The molecule has 9 heteroatoms. The molecule has 1 aliphatic heterocycles. The van der Waals surface area contributed by atoms with Crippen LogP contribution in [-0.2, 0) is 14.8 Å². The number of nitrogens with zero attached hydrogens (tertiary/aromatic N) is 1. The van der Waals surface area contributed by atoms with Crippen LogP contribution in [-0.4, -0.2) is 46.6 Å². The van der Waals surface area contributed by atoms with E-state index in [0.717, 1.165) is 16.1 Å². The normalized spacial score (nSPS) is 13.6. The maximum absolute atomic E-state index is 12.4. The zero-order valence-corrected chi connectivity index (χ0v) is 17.4. The molecule has 0 fully saturated rings. The van der Waals surface area contributed by atoms with Crippen molar-refractivity contribution in [1.82, 2.24) is 5.32 Å². The second-order valence-electron chi connectivity index (χ2n) is 6.90. The van der Waals surface area contributed by atoms with Crippen LogP contribution < -0.4 is 23.8 Å². The van der Waals surface area contributed by atoms with Gasteiger partial charge in [0.05, 0.1) is 18.0 Å². The van der Waals surface area contributed by atoms with E-state index >= 15 is 0 Å². The topological polar surface area (TPSA) is 94.2 Å². The second kappa shape index (κ2) is 8.60. The van der Waals surface area contributed by atoms with Crippen molar-refractivity contribution in [2.24, 2.45) is 0 Å². The van der Waals surface area contributed by atoms with E-state index in [1.807, 2.05) is 31.2 Å². The number of aryl methyl sites for hydroxylation is 1. The Balaban J connectivity index is 1.60. The first-order valence-electron chi connectivity index (χ1n) is 9.08. The summed E-state index contributed by atoms with van der Waals surface area (Å²) < 4.78 is 41.7. The molecule has 1 aliphatic rings. The molecule has 1 amide bonds. The van der Waals surface area contributed by atoms with Gasteiger partial charge in [0, 0.05) is 6.07 Å². The SMILES string of the molecule is Cc1ccc(OCC(C)NC(=O)CN(c2ccc3c(c2)OCO3)S(C)(=O)=O)cc1. The van der Waals surface area contributed by atoms with Gasteiger partial charge in [-0.15, -0.1) is 0 Å². The number of carbonyl (C=O) groups is 1. The standard InChI is InChI=1S/C20H24N2O6S/c1-14-4-7-17(8-5-14)26-12-15(2)21-20(23)11-22(29(3,24)25)16-6-9-18-19(10-16)28-13-27-18/h4-10,15H,11-13H2,1-3H3,(H,21,23). The molecule has 0 saturated heterocycles. The minimum Gasteiger partial charge on any atom is -0.491 e. The lowest BCUT2D eigenvalue weighted by Gasteiger charge is -2.23. The molecule has 0 aromatic heterocycles.